The van der Waals surface area contributed by atoms with Crippen LogP contribution in [0.1, 0.15) is 38.8 Å². The van der Waals surface area contributed by atoms with E-state index in [9.17, 15) is 9.90 Å². The Morgan fingerprint density at radius 2 is 2.05 bits per heavy atom. The minimum atomic E-state index is -0.846. The molecule has 1 aliphatic rings. The number of aliphatic hydroxyl groups is 1. The minimum Gasteiger partial charge on any atom is -0.508 e. The molecule has 0 aliphatic carbocycles. The summed E-state index contributed by atoms with van der Waals surface area (Å²) in [5.41, 5.74) is 1.36. The summed E-state index contributed by atoms with van der Waals surface area (Å²) < 4.78 is 6.54. The van der Waals surface area contributed by atoms with E-state index >= 15 is 0 Å². The number of aryl methyl sites for hydroxylation is 1. The molecule has 0 amide bonds. The molecule has 1 atom stereocenters. The van der Waals surface area contributed by atoms with E-state index in [0.717, 1.165) is 22.0 Å². The van der Waals surface area contributed by atoms with Gasteiger partial charge in [-0.1, -0.05) is 28.9 Å². The molecule has 4 heteroatoms. The molecule has 0 spiro atoms. The molecule has 1 aliphatic heterocycles. The molecule has 1 unspecified atom stereocenters. The summed E-state index contributed by atoms with van der Waals surface area (Å²) in [5, 5.41) is 10.4. The maximum atomic E-state index is 12.4. The van der Waals surface area contributed by atoms with Gasteiger partial charge in [-0.05, 0) is 50.5 Å². The summed E-state index contributed by atoms with van der Waals surface area (Å²) in [7, 11) is 0. The quantitative estimate of drug-likeness (QED) is 0.884. The molecule has 1 N–H and O–H groups in total. The van der Waals surface area contributed by atoms with Gasteiger partial charge in [0.1, 0.15) is 17.5 Å². The van der Waals surface area contributed by atoms with E-state index in [-0.39, 0.29) is 11.5 Å². The van der Waals surface area contributed by atoms with Crippen molar-refractivity contribution in [2.75, 3.05) is 0 Å². The summed E-state index contributed by atoms with van der Waals surface area (Å²) >= 11 is 3.44. The van der Waals surface area contributed by atoms with Crippen LogP contribution in [0.3, 0.4) is 0 Å². The number of carbonyl (C=O) groups is 1. The van der Waals surface area contributed by atoms with Crippen LogP contribution < -0.4 is 0 Å². The second-order valence-corrected chi connectivity index (χ2v) is 6.43. The Morgan fingerprint density at radius 1 is 1.40 bits per heavy atom. The van der Waals surface area contributed by atoms with Crippen LogP contribution in [0, 0.1) is 0 Å². The Balaban J connectivity index is 2.68. The molecule has 0 saturated carbocycles. The lowest BCUT2D eigenvalue weighted by molar-refractivity contribution is -0.137. The predicted octanol–water partition coefficient (Wildman–Crippen LogP) is 4.05. The van der Waals surface area contributed by atoms with Gasteiger partial charge in [-0.25, -0.2) is 0 Å². The zero-order valence-electron chi connectivity index (χ0n) is 12.2. The molecule has 0 saturated heterocycles. The average molecular weight is 339 g/mol. The van der Waals surface area contributed by atoms with Gasteiger partial charge in [0, 0.05) is 4.47 Å². The molecule has 20 heavy (non-hydrogen) atoms. The van der Waals surface area contributed by atoms with Crippen molar-refractivity contribution in [1.29, 1.82) is 0 Å². The van der Waals surface area contributed by atoms with Crippen LogP contribution in [0.15, 0.2) is 28.4 Å². The Labute approximate surface area is 127 Å². The van der Waals surface area contributed by atoms with Crippen LogP contribution >= 0.6 is 15.9 Å². The van der Waals surface area contributed by atoms with Crippen molar-refractivity contribution in [2.45, 2.75) is 45.8 Å². The van der Waals surface area contributed by atoms with Crippen LogP contribution in [0.4, 0.5) is 0 Å². The van der Waals surface area contributed by atoms with Gasteiger partial charge >= 0.3 is 0 Å². The highest BCUT2D eigenvalue weighted by atomic mass is 79.9. The van der Waals surface area contributed by atoms with E-state index in [2.05, 4.69) is 15.9 Å². The van der Waals surface area contributed by atoms with Crippen molar-refractivity contribution in [2.24, 2.45) is 0 Å². The summed E-state index contributed by atoms with van der Waals surface area (Å²) in [6, 6.07) is 5.74. The number of aliphatic hydroxyl groups excluding tert-OH is 1. The number of hydrogen-bond donors (Lipinski definition) is 1. The molecule has 0 aromatic heterocycles. The monoisotopic (exact) mass is 338 g/mol. The topological polar surface area (TPSA) is 46.5 Å². The Hall–Kier alpha value is -1.13. The number of benzene rings is 1. The normalized spacial score (nSPS) is 22.2. The highest BCUT2D eigenvalue weighted by Crippen LogP contribution is 2.37. The van der Waals surface area contributed by atoms with E-state index in [1.54, 1.807) is 20.8 Å². The molecule has 1 heterocycles. The van der Waals surface area contributed by atoms with Crippen LogP contribution in [-0.2, 0) is 16.0 Å². The van der Waals surface area contributed by atoms with Crippen molar-refractivity contribution in [3.63, 3.8) is 0 Å². The molecule has 1 aromatic rings. The van der Waals surface area contributed by atoms with Crippen molar-refractivity contribution in [3.8, 4) is 0 Å². The smallest absolute Gasteiger partial charge is 0.195 e. The third kappa shape index (κ3) is 2.54. The third-order valence-corrected chi connectivity index (χ3v) is 4.10. The summed E-state index contributed by atoms with van der Waals surface area (Å²) in [4.78, 5) is 12.4. The lowest BCUT2D eigenvalue weighted by Gasteiger charge is -2.35. The fourth-order valence-corrected chi connectivity index (χ4v) is 2.94. The number of halogens is 1. The number of carbonyl (C=O) groups excluding carboxylic acids is 1. The van der Waals surface area contributed by atoms with E-state index in [4.69, 9.17) is 4.74 Å². The number of hydrogen-bond acceptors (Lipinski definition) is 3. The van der Waals surface area contributed by atoms with Gasteiger partial charge in [-0.3, -0.25) is 4.79 Å². The molecular formula is C16H19BrO3. The largest absolute Gasteiger partial charge is 0.508 e. The molecule has 1 aromatic carbocycles. The van der Waals surface area contributed by atoms with Gasteiger partial charge in [0.15, 0.2) is 5.78 Å². The van der Waals surface area contributed by atoms with Crippen LogP contribution in [0.5, 0.6) is 0 Å². The minimum absolute atomic E-state index is 0.0117. The first-order valence-corrected chi connectivity index (χ1v) is 7.51. The van der Waals surface area contributed by atoms with E-state index < -0.39 is 11.7 Å². The highest BCUT2D eigenvalue weighted by molar-refractivity contribution is 9.10. The number of Topliss-reactive ketones (excluding diaryl/α,β-unsaturated/α-hetero) is 1. The van der Waals surface area contributed by atoms with Gasteiger partial charge < -0.3 is 9.84 Å². The molecule has 0 radical (unpaired) electrons. The number of ether oxygens (including phenoxy) is 1. The Morgan fingerprint density at radius 3 is 2.65 bits per heavy atom. The van der Waals surface area contributed by atoms with Crippen molar-refractivity contribution < 1.29 is 14.6 Å². The fraction of sp³-hybridized carbons (Fsp3) is 0.438. The van der Waals surface area contributed by atoms with E-state index in [1.807, 2.05) is 25.1 Å². The molecular weight excluding hydrogens is 320 g/mol. The van der Waals surface area contributed by atoms with Gasteiger partial charge in [0.05, 0.1) is 5.57 Å². The standard InChI is InChI=1S/C16H19BrO3/c1-5-10-8-11(17)6-7-12(10)13-14(18)9(2)20-16(3,4)15(13)19/h6-9,19H,5H2,1-4H3. The van der Waals surface area contributed by atoms with Crippen molar-refractivity contribution >= 4 is 27.3 Å². The first kappa shape index (κ1) is 15.3. The first-order chi connectivity index (χ1) is 9.27. The zero-order chi connectivity index (χ0) is 15.1. The lowest BCUT2D eigenvalue weighted by Crippen LogP contribution is -2.42. The number of rotatable bonds is 2. The SMILES string of the molecule is CCc1cc(Br)ccc1C1=C(O)C(C)(C)OC(C)C1=O. The third-order valence-electron chi connectivity index (χ3n) is 3.61. The Kier molecular flexibility index (Phi) is 4.07. The second-order valence-electron chi connectivity index (χ2n) is 5.51. The molecule has 0 bridgehead atoms. The zero-order valence-corrected chi connectivity index (χ0v) is 13.7. The van der Waals surface area contributed by atoms with Gasteiger partial charge in [0.25, 0.3) is 0 Å². The van der Waals surface area contributed by atoms with Gasteiger partial charge in [-0.15, -0.1) is 0 Å². The summed E-state index contributed by atoms with van der Waals surface area (Å²) in [5.74, 6) is -0.156. The maximum absolute atomic E-state index is 12.4. The maximum Gasteiger partial charge on any atom is 0.195 e. The van der Waals surface area contributed by atoms with Crippen molar-refractivity contribution in [1.82, 2.24) is 0 Å². The lowest BCUT2D eigenvalue weighted by atomic mass is 9.86. The summed E-state index contributed by atoms with van der Waals surface area (Å²) in [6.45, 7) is 7.30. The first-order valence-electron chi connectivity index (χ1n) is 6.72. The van der Waals surface area contributed by atoms with Crippen LogP contribution in [-0.4, -0.2) is 22.6 Å². The average Bonchev–Trinajstić information content (AvgIpc) is 2.38. The van der Waals surface area contributed by atoms with Gasteiger partial charge in [0.2, 0.25) is 0 Å². The molecule has 108 valence electrons. The predicted molar refractivity (Wildman–Crippen MR) is 82.7 cm³/mol. The van der Waals surface area contributed by atoms with Gasteiger partial charge in [-0.2, -0.15) is 0 Å². The highest BCUT2D eigenvalue weighted by Gasteiger charge is 2.40. The summed E-state index contributed by atoms with van der Waals surface area (Å²) in [6.07, 6.45) is 0.235. The van der Waals surface area contributed by atoms with Crippen LogP contribution in [0.25, 0.3) is 5.57 Å². The fourth-order valence-electron chi connectivity index (χ4n) is 2.53. The number of ketones is 1. The van der Waals surface area contributed by atoms with Crippen molar-refractivity contribution in [3.05, 3.63) is 39.6 Å². The van der Waals surface area contributed by atoms with Crippen LogP contribution in [0.2, 0.25) is 0 Å². The second kappa shape index (κ2) is 5.34. The molecule has 3 nitrogen and oxygen atoms in total. The van der Waals surface area contributed by atoms with E-state index in [1.165, 1.54) is 0 Å². The molecule has 0 fully saturated rings. The van der Waals surface area contributed by atoms with E-state index in [0.29, 0.717) is 5.57 Å². The Bertz CT molecular complexity index is 587. The molecule has 2 rings (SSSR count).